The second-order valence-corrected chi connectivity index (χ2v) is 6.11. The number of methoxy groups -OCH3 is 1. The number of morpholine rings is 1. The average Bonchev–Trinajstić information content (AvgIpc) is 2.85. The summed E-state index contributed by atoms with van der Waals surface area (Å²) < 4.78 is 12.1. The number of ether oxygens (including phenoxy) is 2. The Labute approximate surface area is 121 Å². The summed E-state index contributed by atoms with van der Waals surface area (Å²) in [5.74, 6) is 0.929. The smallest absolute Gasteiger partial charge is 0.119 e. The van der Waals surface area contributed by atoms with E-state index in [1.165, 1.54) is 11.1 Å². The molecule has 0 saturated carbocycles. The molecule has 20 heavy (non-hydrogen) atoms. The predicted octanol–water partition coefficient (Wildman–Crippen LogP) is 3.02. The Bertz CT molecular complexity index is 492. The van der Waals surface area contributed by atoms with E-state index in [1.807, 2.05) is 0 Å². The Morgan fingerprint density at radius 1 is 1.25 bits per heavy atom. The molecule has 3 nitrogen and oxygen atoms in total. The predicted molar refractivity (Wildman–Crippen MR) is 80.3 cm³/mol. The lowest BCUT2D eigenvalue weighted by molar-refractivity contribution is -0.186. The van der Waals surface area contributed by atoms with Crippen LogP contribution in [0.3, 0.4) is 0 Å². The second-order valence-electron chi connectivity index (χ2n) is 6.11. The van der Waals surface area contributed by atoms with Gasteiger partial charge in [0.25, 0.3) is 0 Å². The molecular weight excluding hydrogens is 250 g/mol. The van der Waals surface area contributed by atoms with Crippen LogP contribution in [0.4, 0.5) is 0 Å². The van der Waals surface area contributed by atoms with Gasteiger partial charge in [-0.3, -0.25) is 0 Å². The van der Waals surface area contributed by atoms with Gasteiger partial charge in [-0.2, -0.15) is 0 Å². The first-order valence-electron chi connectivity index (χ1n) is 7.75. The zero-order chi connectivity index (χ0) is 14.2. The molecule has 3 heteroatoms. The van der Waals surface area contributed by atoms with Crippen molar-refractivity contribution in [2.75, 3.05) is 20.2 Å². The average molecular weight is 275 g/mol. The summed E-state index contributed by atoms with van der Waals surface area (Å²) >= 11 is 0. The lowest BCUT2D eigenvalue weighted by atomic mass is 9.87. The van der Waals surface area contributed by atoms with E-state index in [2.05, 4.69) is 37.4 Å². The van der Waals surface area contributed by atoms with Crippen molar-refractivity contribution in [3.05, 3.63) is 29.3 Å². The van der Waals surface area contributed by atoms with Gasteiger partial charge >= 0.3 is 0 Å². The number of hydrogen-bond acceptors (Lipinski definition) is 3. The number of rotatable bonds is 3. The standard InChI is InChI=1S/C17H25NO2/c1-4-16(5-2)11-18-12-17(20-16)9-8-13-6-7-14(19-3)10-15(13)17/h6-7,10,18H,4-5,8-9,11-12H2,1-3H3. The van der Waals surface area contributed by atoms with Gasteiger partial charge in [-0.1, -0.05) is 19.9 Å². The monoisotopic (exact) mass is 275 g/mol. The fourth-order valence-electron chi connectivity index (χ4n) is 3.71. The van der Waals surface area contributed by atoms with Gasteiger partial charge in [-0.15, -0.1) is 0 Å². The molecule has 0 radical (unpaired) electrons. The molecule has 1 aromatic carbocycles. The molecule has 1 atom stereocenters. The van der Waals surface area contributed by atoms with Crippen LogP contribution in [0.15, 0.2) is 18.2 Å². The third kappa shape index (κ3) is 2.04. The molecule has 1 spiro atoms. The molecule has 1 saturated heterocycles. The maximum absolute atomic E-state index is 6.73. The summed E-state index contributed by atoms with van der Waals surface area (Å²) in [6.07, 6.45) is 4.28. The molecule has 1 fully saturated rings. The minimum Gasteiger partial charge on any atom is -0.497 e. The largest absolute Gasteiger partial charge is 0.497 e. The fraction of sp³-hybridized carbons (Fsp3) is 0.647. The van der Waals surface area contributed by atoms with Crippen LogP contribution in [0.25, 0.3) is 0 Å². The first kappa shape index (κ1) is 13.9. The lowest BCUT2D eigenvalue weighted by Gasteiger charge is -2.47. The molecule has 3 rings (SSSR count). The SMILES string of the molecule is CCC1(CC)CNCC2(CCc3ccc(OC)cc32)O1. The highest BCUT2D eigenvalue weighted by Crippen LogP contribution is 2.46. The van der Waals surface area contributed by atoms with Gasteiger partial charge in [0.1, 0.15) is 11.4 Å². The summed E-state index contributed by atoms with van der Waals surface area (Å²) in [5, 5.41) is 3.62. The van der Waals surface area contributed by atoms with Crippen molar-refractivity contribution in [3.8, 4) is 5.75 Å². The molecule has 0 aromatic heterocycles. The van der Waals surface area contributed by atoms with Crippen molar-refractivity contribution in [1.29, 1.82) is 0 Å². The highest BCUT2D eigenvalue weighted by molar-refractivity contribution is 5.43. The molecule has 110 valence electrons. The molecule has 0 amide bonds. The summed E-state index contributed by atoms with van der Waals surface area (Å²) in [5.41, 5.74) is 2.56. The quantitative estimate of drug-likeness (QED) is 0.920. The third-order valence-electron chi connectivity index (χ3n) is 5.16. The van der Waals surface area contributed by atoms with E-state index >= 15 is 0 Å². The first-order chi connectivity index (χ1) is 9.67. The lowest BCUT2D eigenvalue weighted by Crippen LogP contribution is -2.57. The van der Waals surface area contributed by atoms with Crippen molar-refractivity contribution in [3.63, 3.8) is 0 Å². The molecule has 2 aliphatic rings. The zero-order valence-corrected chi connectivity index (χ0v) is 12.8. The van der Waals surface area contributed by atoms with E-state index in [0.717, 1.165) is 44.5 Å². The summed E-state index contributed by atoms with van der Waals surface area (Å²) in [6, 6.07) is 6.42. The molecule has 1 aliphatic carbocycles. The molecule has 1 unspecified atom stereocenters. The topological polar surface area (TPSA) is 30.5 Å². The highest BCUT2D eigenvalue weighted by Gasteiger charge is 2.48. The van der Waals surface area contributed by atoms with Gasteiger partial charge in [0, 0.05) is 13.1 Å². The number of benzene rings is 1. The van der Waals surface area contributed by atoms with Crippen LogP contribution in [-0.2, 0) is 16.8 Å². The Kier molecular flexibility index (Phi) is 3.51. The van der Waals surface area contributed by atoms with Crippen LogP contribution >= 0.6 is 0 Å². The van der Waals surface area contributed by atoms with E-state index < -0.39 is 0 Å². The van der Waals surface area contributed by atoms with Gasteiger partial charge in [0.2, 0.25) is 0 Å². The van der Waals surface area contributed by atoms with E-state index in [0.29, 0.717) is 0 Å². The maximum Gasteiger partial charge on any atom is 0.119 e. The number of aryl methyl sites for hydroxylation is 1. The van der Waals surface area contributed by atoms with E-state index in [1.54, 1.807) is 7.11 Å². The van der Waals surface area contributed by atoms with Crippen LogP contribution in [-0.4, -0.2) is 25.8 Å². The van der Waals surface area contributed by atoms with Crippen LogP contribution in [0.2, 0.25) is 0 Å². The van der Waals surface area contributed by atoms with Crippen molar-refractivity contribution in [2.24, 2.45) is 0 Å². The van der Waals surface area contributed by atoms with E-state index in [4.69, 9.17) is 9.47 Å². The van der Waals surface area contributed by atoms with Gasteiger partial charge in [-0.05, 0) is 48.9 Å². The zero-order valence-electron chi connectivity index (χ0n) is 12.8. The number of fused-ring (bicyclic) bond motifs is 2. The Morgan fingerprint density at radius 3 is 2.75 bits per heavy atom. The number of nitrogens with one attached hydrogen (secondary N) is 1. The molecule has 0 bridgehead atoms. The van der Waals surface area contributed by atoms with E-state index in [-0.39, 0.29) is 11.2 Å². The minimum atomic E-state index is -0.159. The molecule has 1 aromatic rings. The van der Waals surface area contributed by atoms with E-state index in [9.17, 15) is 0 Å². The highest BCUT2D eigenvalue weighted by atomic mass is 16.5. The van der Waals surface area contributed by atoms with Crippen LogP contribution in [0, 0.1) is 0 Å². The van der Waals surface area contributed by atoms with Gasteiger partial charge in [-0.25, -0.2) is 0 Å². The van der Waals surface area contributed by atoms with Crippen LogP contribution in [0.1, 0.15) is 44.2 Å². The van der Waals surface area contributed by atoms with Crippen molar-refractivity contribution < 1.29 is 9.47 Å². The first-order valence-corrected chi connectivity index (χ1v) is 7.75. The van der Waals surface area contributed by atoms with Gasteiger partial charge < -0.3 is 14.8 Å². The Morgan fingerprint density at radius 2 is 2.05 bits per heavy atom. The summed E-state index contributed by atoms with van der Waals surface area (Å²) in [4.78, 5) is 0. The Balaban J connectivity index is 1.99. The molecule has 1 heterocycles. The maximum atomic E-state index is 6.73. The van der Waals surface area contributed by atoms with Crippen LogP contribution < -0.4 is 10.1 Å². The Hall–Kier alpha value is -1.06. The molecular formula is C17H25NO2. The second kappa shape index (κ2) is 5.05. The summed E-state index contributed by atoms with van der Waals surface area (Å²) in [7, 11) is 1.73. The minimum absolute atomic E-state index is 0.0249. The fourth-order valence-corrected chi connectivity index (χ4v) is 3.71. The summed E-state index contributed by atoms with van der Waals surface area (Å²) in [6.45, 7) is 6.33. The van der Waals surface area contributed by atoms with Crippen molar-refractivity contribution >= 4 is 0 Å². The molecule has 1 N–H and O–H groups in total. The third-order valence-corrected chi connectivity index (χ3v) is 5.16. The van der Waals surface area contributed by atoms with Crippen molar-refractivity contribution in [1.82, 2.24) is 5.32 Å². The van der Waals surface area contributed by atoms with Gasteiger partial charge in [0.05, 0.1) is 12.7 Å². The van der Waals surface area contributed by atoms with Crippen LogP contribution in [0.5, 0.6) is 5.75 Å². The number of hydrogen-bond donors (Lipinski definition) is 1. The normalized spacial score (nSPS) is 27.6. The van der Waals surface area contributed by atoms with Gasteiger partial charge in [0.15, 0.2) is 0 Å². The molecule has 1 aliphatic heterocycles. The van der Waals surface area contributed by atoms with Crippen molar-refractivity contribution in [2.45, 2.75) is 50.7 Å².